The van der Waals surface area contributed by atoms with Crippen LogP contribution in [0.15, 0.2) is 170 Å². The van der Waals surface area contributed by atoms with Gasteiger partial charge in [-0.25, -0.2) is 0 Å². The second kappa shape index (κ2) is 13.3. The Morgan fingerprint density at radius 3 is 1.32 bits per heavy atom. The van der Waals surface area contributed by atoms with Gasteiger partial charge in [0.25, 0.3) is 0 Å². The standard InChI is InChI=1S/C49H34F6N2/c1-47(2)44-30-38(57(34-13-7-4-8-14-34)36-23-19-32(20-24-36)49(53,54)55)26-28-42(44)45-40-16-10-9-15-39(40)43-29-37(25-27-41(43)46(45)47)56(33-11-5-3-6-12-33)35-21-17-31(18-22-35)48(50,51)52/h3-30H,1-2H3. The van der Waals surface area contributed by atoms with Gasteiger partial charge >= 0.3 is 12.4 Å². The highest BCUT2D eigenvalue weighted by atomic mass is 19.4. The van der Waals surface area contributed by atoms with Crippen LogP contribution in [0.1, 0.15) is 36.1 Å². The summed E-state index contributed by atoms with van der Waals surface area (Å²) in [5.74, 6) is 0. The molecule has 57 heavy (non-hydrogen) atoms. The van der Waals surface area contributed by atoms with Gasteiger partial charge in [-0.15, -0.1) is 0 Å². The average Bonchev–Trinajstić information content (AvgIpc) is 3.45. The third-order valence-corrected chi connectivity index (χ3v) is 11.0. The number of benzene rings is 8. The van der Waals surface area contributed by atoms with Crippen molar-refractivity contribution in [1.82, 2.24) is 0 Å². The molecule has 282 valence electrons. The summed E-state index contributed by atoms with van der Waals surface area (Å²) in [6, 6.07) is 50.4. The van der Waals surface area contributed by atoms with E-state index in [-0.39, 0.29) is 0 Å². The molecule has 0 heterocycles. The molecule has 0 aromatic heterocycles. The van der Waals surface area contributed by atoms with E-state index in [1.165, 1.54) is 24.3 Å². The zero-order chi connectivity index (χ0) is 39.7. The summed E-state index contributed by atoms with van der Waals surface area (Å²) in [6.07, 6.45) is -8.90. The van der Waals surface area contributed by atoms with Crippen LogP contribution >= 0.6 is 0 Å². The fraction of sp³-hybridized carbons (Fsp3) is 0.102. The summed E-state index contributed by atoms with van der Waals surface area (Å²) in [7, 11) is 0. The molecule has 0 amide bonds. The van der Waals surface area contributed by atoms with Crippen molar-refractivity contribution in [2.45, 2.75) is 31.6 Å². The zero-order valence-corrected chi connectivity index (χ0v) is 30.8. The van der Waals surface area contributed by atoms with E-state index in [9.17, 15) is 26.3 Å². The van der Waals surface area contributed by atoms with Crippen molar-refractivity contribution >= 4 is 55.7 Å². The van der Waals surface area contributed by atoms with E-state index in [0.717, 1.165) is 90.8 Å². The monoisotopic (exact) mass is 764 g/mol. The molecule has 0 atom stereocenters. The molecular formula is C49H34F6N2. The predicted molar refractivity (Wildman–Crippen MR) is 218 cm³/mol. The van der Waals surface area contributed by atoms with Gasteiger partial charge in [-0.3, -0.25) is 0 Å². The number of rotatable bonds is 6. The van der Waals surface area contributed by atoms with E-state index in [1.54, 1.807) is 0 Å². The largest absolute Gasteiger partial charge is 0.416 e. The topological polar surface area (TPSA) is 6.48 Å². The lowest BCUT2D eigenvalue weighted by molar-refractivity contribution is -0.138. The van der Waals surface area contributed by atoms with Crippen LogP contribution in [0.2, 0.25) is 0 Å². The van der Waals surface area contributed by atoms with E-state index >= 15 is 0 Å². The number of halogens is 6. The summed E-state index contributed by atoms with van der Waals surface area (Å²) in [4.78, 5) is 3.94. The third kappa shape index (κ3) is 6.16. The maximum absolute atomic E-state index is 13.6. The summed E-state index contributed by atoms with van der Waals surface area (Å²) in [5.41, 5.74) is 6.93. The molecule has 0 bridgehead atoms. The van der Waals surface area contributed by atoms with E-state index in [1.807, 2.05) is 94.7 Å². The lowest BCUT2D eigenvalue weighted by Gasteiger charge is -2.29. The third-order valence-electron chi connectivity index (χ3n) is 11.0. The number of para-hydroxylation sites is 2. The maximum Gasteiger partial charge on any atom is 0.416 e. The van der Waals surface area contributed by atoms with Gasteiger partial charge in [0.2, 0.25) is 0 Å². The minimum absolute atomic E-state index is 0.500. The highest BCUT2D eigenvalue weighted by molar-refractivity contribution is 6.19. The summed E-state index contributed by atoms with van der Waals surface area (Å²) >= 11 is 0. The lowest BCUT2D eigenvalue weighted by atomic mass is 9.79. The Morgan fingerprint density at radius 2 is 0.807 bits per heavy atom. The van der Waals surface area contributed by atoms with Crippen molar-refractivity contribution in [2.75, 3.05) is 9.80 Å². The van der Waals surface area contributed by atoms with Crippen LogP contribution in [0.25, 0.3) is 32.7 Å². The molecule has 0 saturated heterocycles. The zero-order valence-electron chi connectivity index (χ0n) is 30.8. The van der Waals surface area contributed by atoms with Crippen LogP contribution in [0, 0.1) is 0 Å². The normalized spacial score (nSPS) is 13.4. The Kier molecular flexibility index (Phi) is 8.43. The van der Waals surface area contributed by atoms with Crippen molar-refractivity contribution in [1.29, 1.82) is 0 Å². The molecule has 0 spiro atoms. The molecule has 8 heteroatoms. The molecule has 1 aliphatic rings. The van der Waals surface area contributed by atoms with Gasteiger partial charge in [0, 0.05) is 39.5 Å². The van der Waals surface area contributed by atoms with Crippen LogP contribution in [0.5, 0.6) is 0 Å². The Morgan fingerprint density at radius 1 is 0.386 bits per heavy atom. The first-order chi connectivity index (χ1) is 27.3. The fourth-order valence-electron chi connectivity index (χ4n) is 8.44. The average molecular weight is 765 g/mol. The number of nitrogens with zero attached hydrogens (tertiary/aromatic N) is 2. The highest BCUT2D eigenvalue weighted by Gasteiger charge is 2.39. The number of anilines is 6. The van der Waals surface area contributed by atoms with Gasteiger partial charge in [-0.1, -0.05) is 86.6 Å². The number of fused-ring (bicyclic) bond motifs is 8. The molecule has 9 rings (SSSR count). The summed E-state index contributed by atoms with van der Waals surface area (Å²) in [6.45, 7) is 4.40. The van der Waals surface area contributed by atoms with Crippen molar-refractivity contribution in [2.24, 2.45) is 0 Å². The molecule has 0 fully saturated rings. The first kappa shape index (κ1) is 36.1. The maximum atomic E-state index is 13.6. The van der Waals surface area contributed by atoms with E-state index < -0.39 is 28.9 Å². The number of hydrogen-bond acceptors (Lipinski definition) is 2. The first-order valence-corrected chi connectivity index (χ1v) is 18.5. The Labute approximate surface area is 325 Å². The van der Waals surface area contributed by atoms with Crippen LogP contribution in [-0.4, -0.2) is 0 Å². The quantitative estimate of drug-likeness (QED) is 0.123. The van der Waals surface area contributed by atoms with Crippen molar-refractivity contribution in [3.8, 4) is 11.1 Å². The van der Waals surface area contributed by atoms with E-state index in [4.69, 9.17) is 0 Å². The molecule has 0 aliphatic heterocycles. The SMILES string of the molecule is CC1(C)c2cc(N(c3ccccc3)c3ccc(C(F)(F)F)cc3)ccc2-c2c1c1ccc(N(c3ccccc3)c3ccc(C(F)(F)F)cc3)cc1c1ccccc21. The van der Waals surface area contributed by atoms with Crippen LogP contribution in [-0.2, 0) is 17.8 Å². The van der Waals surface area contributed by atoms with E-state index in [2.05, 4.69) is 50.2 Å². The van der Waals surface area contributed by atoms with Gasteiger partial charge in [0.05, 0.1) is 11.1 Å². The minimum Gasteiger partial charge on any atom is -0.310 e. The molecule has 0 radical (unpaired) electrons. The molecule has 0 saturated carbocycles. The van der Waals surface area contributed by atoms with Crippen molar-refractivity contribution < 1.29 is 26.3 Å². The highest BCUT2D eigenvalue weighted by Crippen LogP contribution is 2.56. The Balaban J connectivity index is 1.21. The number of alkyl halides is 6. The Hall–Kier alpha value is -6.54. The van der Waals surface area contributed by atoms with Crippen molar-refractivity contribution in [3.05, 3.63) is 192 Å². The van der Waals surface area contributed by atoms with Gasteiger partial charge in [0.1, 0.15) is 0 Å². The first-order valence-electron chi connectivity index (χ1n) is 18.5. The van der Waals surface area contributed by atoms with Gasteiger partial charge in [0.15, 0.2) is 0 Å². The molecule has 2 nitrogen and oxygen atoms in total. The molecule has 0 N–H and O–H groups in total. The molecular weight excluding hydrogens is 731 g/mol. The van der Waals surface area contributed by atoms with Gasteiger partial charge in [-0.2, -0.15) is 26.3 Å². The van der Waals surface area contributed by atoms with Gasteiger partial charge in [-0.05, 0) is 141 Å². The van der Waals surface area contributed by atoms with Crippen LogP contribution in [0.3, 0.4) is 0 Å². The molecule has 8 aromatic carbocycles. The van der Waals surface area contributed by atoms with Gasteiger partial charge < -0.3 is 9.80 Å². The second-order valence-electron chi connectivity index (χ2n) is 14.8. The Bertz CT molecular complexity index is 2770. The summed E-state index contributed by atoms with van der Waals surface area (Å²) < 4.78 is 81.4. The van der Waals surface area contributed by atoms with Crippen LogP contribution in [0.4, 0.5) is 60.5 Å². The number of hydrogen-bond donors (Lipinski definition) is 0. The second-order valence-corrected chi connectivity index (χ2v) is 14.8. The lowest BCUT2D eigenvalue weighted by Crippen LogP contribution is -2.17. The summed E-state index contributed by atoms with van der Waals surface area (Å²) in [5, 5.41) is 4.17. The van der Waals surface area contributed by atoms with E-state index in [0.29, 0.717) is 11.4 Å². The molecule has 1 aliphatic carbocycles. The van der Waals surface area contributed by atoms with Crippen LogP contribution < -0.4 is 9.80 Å². The molecule has 8 aromatic rings. The predicted octanol–water partition coefficient (Wildman–Crippen LogP) is 15.3. The minimum atomic E-state index is -4.45. The smallest absolute Gasteiger partial charge is 0.310 e. The fourth-order valence-corrected chi connectivity index (χ4v) is 8.44. The molecule has 0 unspecified atom stereocenters. The van der Waals surface area contributed by atoms with Crippen molar-refractivity contribution in [3.63, 3.8) is 0 Å².